The van der Waals surface area contributed by atoms with Crippen LogP contribution >= 0.6 is 0 Å². The molecule has 228 valence electrons. The maximum atomic E-state index is 13.3. The molecule has 0 fully saturated rings. The Morgan fingerprint density at radius 2 is 1.47 bits per heavy atom. The first-order valence-electron chi connectivity index (χ1n) is 12.9. The third-order valence-electron chi connectivity index (χ3n) is 5.91. The predicted octanol–water partition coefficient (Wildman–Crippen LogP) is 3.62. The molecular formula is C26H26F5N9O3. The summed E-state index contributed by atoms with van der Waals surface area (Å²) in [5, 5.41) is 20.7. The number of nitrogens with one attached hydrogen (secondary N) is 2. The zero-order valence-corrected chi connectivity index (χ0v) is 22.7. The van der Waals surface area contributed by atoms with E-state index in [2.05, 4.69) is 41.0 Å². The summed E-state index contributed by atoms with van der Waals surface area (Å²) in [4.78, 5) is 28.7. The fourth-order valence-corrected chi connectivity index (χ4v) is 3.75. The van der Waals surface area contributed by atoms with E-state index in [1.165, 1.54) is 46.0 Å². The monoisotopic (exact) mass is 607 g/mol. The minimum Gasteiger partial charge on any atom is -0.406 e. The summed E-state index contributed by atoms with van der Waals surface area (Å²) < 4.78 is 70.6. The number of unbranched alkanes of at least 4 members (excludes halogenated alkanes) is 1. The number of aromatic nitrogens is 7. The van der Waals surface area contributed by atoms with Gasteiger partial charge in [-0.25, -0.2) is 8.78 Å². The van der Waals surface area contributed by atoms with Gasteiger partial charge in [-0.15, -0.1) is 23.4 Å². The predicted molar refractivity (Wildman–Crippen MR) is 139 cm³/mol. The van der Waals surface area contributed by atoms with Crippen LogP contribution in [0.4, 0.5) is 22.0 Å². The average molecular weight is 608 g/mol. The number of carbonyl (C=O) groups is 2. The number of hydrogen-bond donors (Lipinski definition) is 2. The molecule has 0 atom stereocenters. The highest BCUT2D eigenvalue weighted by atomic mass is 19.4. The number of halogens is 5. The van der Waals surface area contributed by atoms with E-state index < -0.39 is 24.1 Å². The Balaban J connectivity index is 1.16. The van der Waals surface area contributed by atoms with Gasteiger partial charge in [-0.05, 0) is 42.7 Å². The van der Waals surface area contributed by atoms with E-state index in [4.69, 9.17) is 0 Å². The lowest BCUT2D eigenvalue weighted by atomic mass is 10.1. The van der Waals surface area contributed by atoms with Crippen LogP contribution in [0, 0.1) is 0 Å². The Kier molecular flexibility index (Phi) is 9.62. The number of carbonyl (C=O) groups excluding carboxylic acids is 2. The van der Waals surface area contributed by atoms with Gasteiger partial charge >= 0.3 is 6.36 Å². The largest absolute Gasteiger partial charge is 0.573 e. The highest BCUT2D eigenvalue weighted by Crippen LogP contribution is 2.26. The molecule has 4 aromatic rings. The third kappa shape index (κ3) is 9.54. The second-order valence-corrected chi connectivity index (χ2v) is 9.43. The molecule has 43 heavy (non-hydrogen) atoms. The van der Waals surface area contributed by atoms with Gasteiger partial charge < -0.3 is 15.4 Å². The molecule has 2 amide bonds. The van der Waals surface area contributed by atoms with E-state index in [1.807, 2.05) is 0 Å². The first-order valence-corrected chi connectivity index (χ1v) is 12.9. The number of hydrogen-bond acceptors (Lipinski definition) is 8. The molecule has 17 heteroatoms. The Morgan fingerprint density at radius 1 is 0.860 bits per heavy atom. The van der Waals surface area contributed by atoms with Crippen molar-refractivity contribution in [2.24, 2.45) is 0 Å². The summed E-state index contributed by atoms with van der Waals surface area (Å²) in [5.74, 6) is -4.42. The van der Waals surface area contributed by atoms with Crippen molar-refractivity contribution >= 4 is 11.8 Å². The van der Waals surface area contributed by atoms with Gasteiger partial charge in [0, 0.05) is 38.3 Å². The lowest BCUT2D eigenvalue weighted by Crippen LogP contribution is -2.23. The van der Waals surface area contributed by atoms with Crippen molar-refractivity contribution in [3.63, 3.8) is 0 Å². The molecule has 0 saturated carbocycles. The van der Waals surface area contributed by atoms with E-state index in [-0.39, 0.29) is 35.8 Å². The normalized spacial score (nSPS) is 11.8. The minimum atomic E-state index is -4.81. The molecule has 4 rings (SSSR count). The molecule has 0 unspecified atom stereocenters. The van der Waals surface area contributed by atoms with Crippen LogP contribution in [0.3, 0.4) is 0 Å². The minimum absolute atomic E-state index is 0.0310. The number of aryl methyl sites for hydroxylation is 2. The average Bonchev–Trinajstić information content (AvgIpc) is 3.62. The maximum Gasteiger partial charge on any atom is 0.573 e. The van der Waals surface area contributed by atoms with Gasteiger partial charge in [0.2, 0.25) is 0 Å². The van der Waals surface area contributed by atoms with E-state index in [1.54, 1.807) is 6.07 Å². The second kappa shape index (κ2) is 13.3. The molecule has 2 N–H and O–H groups in total. The zero-order chi connectivity index (χ0) is 31.0. The topological polar surface area (TPSA) is 142 Å². The highest BCUT2D eigenvalue weighted by Gasteiger charge is 2.31. The fraction of sp³-hybridized carbons (Fsp3) is 0.346. The molecule has 0 aliphatic rings. The van der Waals surface area contributed by atoms with Crippen LogP contribution < -0.4 is 15.4 Å². The number of alkyl halides is 5. The van der Waals surface area contributed by atoms with Gasteiger partial charge in [0.05, 0.1) is 24.6 Å². The van der Waals surface area contributed by atoms with Crippen LogP contribution in [0.5, 0.6) is 5.75 Å². The van der Waals surface area contributed by atoms with Crippen molar-refractivity contribution in [3.8, 4) is 5.75 Å². The lowest BCUT2D eigenvalue weighted by molar-refractivity contribution is -0.274. The summed E-state index contributed by atoms with van der Waals surface area (Å²) in [7, 11) is 0. The smallest absolute Gasteiger partial charge is 0.406 e. The molecule has 0 aliphatic heterocycles. The Hall–Kier alpha value is -4.96. The van der Waals surface area contributed by atoms with E-state index >= 15 is 0 Å². The number of rotatable bonds is 13. The van der Waals surface area contributed by atoms with Crippen LogP contribution in [0.15, 0.2) is 55.0 Å². The van der Waals surface area contributed by atoms with Crippen molar-refractivity contribution < 1.29 is 36.3 Å². The van der Waals surface area contributed by atoms with Gasteiger partial charge in [0.25, 0.3) is 17.7 Å². The first-order chi connectivity index (χ1) is 20.4. The molecule has 12 nitrogen and oxygen atoms in total. The molecule has 3 aromatic heterocycles. The maximum absolute atomic E-state index is 13.3. The number of pyridine rings is 1. The van der Waals surface area contributed by atoms with Crippen LogP contribution in [0.2, 0.25) is 0 Å². The molecule has 0 saturated heterocycles. The molecular weight excluding hydrogens is 581 g/mol. The van der Waals surface area contributed by atoms with E-state index in [9.17, 15) is 31.5 Å². The molecule has 0 radical (unpaired) electrons. The Morgan fingerprint density at radius 3 is 2.00 bits per heavy atom. The summed E-state index contributed by atoms with van der Waals surface area (Å²) in [6.07, 6.45) is 0.456. The van der Waals surface area contributed by atoms with Gasteiger partial charge in [-0.3, -0.25) is 23.9 Å². The van der Waals surface area contributed by atoms with Crippen LogP contribution in [-0.4, -0.2) is 53.1 Å². The Labute approximate surface area is 241 Å². The van der Waals surface area contributed by atoms with Gasteiger partial charge in [-0.1, -0.05) is 22.6 Å². The quantitative estimate of drug-likeness (QED) is 0.174. The number of benzene rings is 1. The van der Waals surface area contributed by atoms with Crippen molar-refractivity contribution in [2.45, 2.75) is 58.2 Å². The molecule has 1 aromatic carbocycles. The third-order valence-corrected chi connectivity index (χ3v) is 5.91. The summed E-state index contributed by atoms with van der Waals surface area (Å²) in [6.45, 7) is 1.66. The zero-order valence-electron chi connectivity index (χ0n) is 22.7. The summed E-state index contributed by atoms with van der Waals surface area (Å²) in [6, 6.07) is 7.92. The molecule has 0 bridgehead atoms. The second-order valence-electron chi connectivity index (χ2n) is 9.43. The summed E-state index contributed by atoms with van der Waals surface area (Å²) in [5.41, 5.74) is 0.728. The van der Waals surface area contributed by atoms with Crippen LogP contribution in [0.1, 0.15) is 57.6 Å². The van der Waals surface area contributed by atoms with Crippen LogP contribution in [-0.2, 0) is 32.1 Å². The fourth-order valence-electron chi connectivity index (χ4n) is 3.75. The number of nitrogens with zero attached hydrogens (tertiary/aromatic N) is 7. The molecule has 3 heterocycles. The molecule has 0 spiro atoms. The van der Waals surface area contributed by atoms with Crippen molar-refractivity contribution in [3.05, 3.63) is 83.2 Å². The van der Waals surface area contributed by atoms with E-state index in [0.717, 1.165) is 19.2 Å². The number of amides is 2. The lowest BCUT2D eigenvalue weighted by Gasteiger charge is -2.10. The number of ether oxygens (including phenoxy) is 1. The highest BCUT2D eigenvalue weighted by molar-refractivity contribution is 5.92. The van der Waals surface area contributed by atoms with Crippen molar-refractivity contribution in [1.29, 1.82) is 0 Å². The molecule has 0 aliphatic carbocycles. The standard InChI is InChI=1S/C26H26F5N9O3/c1-25(27,28)18-7-8-19(32-13-18)14-34-24(42)22-16-40(38-36-22)10-3-2-9-39-15-21(35-37-39)23(41)33-12-17-5-4-6-20(11-17)43-26(29,30)31/h4-8,11,13,15-16H,2-3,9-10,12,14H2,1H3,(H,33,41)(H,34,42). The van der Waals surface area contributed by atoms with Gasteiger partial charge in [0.15, 0.2) is 11.4 Å². The summed E-state index contributed by atoms with van der Waals surface area (Å²) >= 11 is 0. The van der Waals surface area contributed by atoms with E-state index in [0.29, 0.717) is 37.2 Å². The Bertz CT molecular complexity index is 1530. The SMILES string of the molecule is CC(F)(F)c1ccc(CNC(=O)c2cn(CCCCn3cc(C(=O)NCc4cccc(OC(F)(F)F)c4)nn3)nn2)nc1. The first kappa shape index (κ1) is 31.0. The van der Waals surface area contributed by atoms with Gasteiger partial charge in [0.1, 0.15) is 5.75 Å². The van der Waals surface area contributed by atoms with Crippen LogP contribution in [0.25, 0.3) is 0 Å². The van der Waals surface area contributed by atoms with Crippen molar-refractivity contribution in [2.75, 3.05) is 0 Å². The van der Waals surface area contributed by atoms with Crippen molar-refractivity contribution in [1.82, 2.24) is 45.6 Å². The van der Waals surface area contributed by atoms with Gasteiger partial charge in [-0.2, -0.15) is 0 Å².